The van der Waals surface area contributed by atoms with Crippen molar-refractivity contribution < 1.29 is 4.74 Å². The molecule has 2 heteroatoms. The summed E-state index contributed by atoms with van der Waals surface area (Å²) in [5.74, 6) is 0.885. The van der Waals surface area contributed by atoms with Crippen LogP contribution in [0.4, 0.5) is 0 Å². The van der Waals surface area contributed by atoms with Crippen molar-refractivity contribution in [3.63, 3.8) is 0 Å². The van der Waals surface area contributed by atoms with Crippen molar-refractivity contribution in [2.45, 2.75) is 19.4 Å². The minimum atomic E-state index is 0.582. The van der Waals surface area contributed by atoms with Crippen LogP contribution in [-0.2, 0) is 13.0 Å². The SMILES string of the molecule is N#C/C=C/CCc1cccc(OCc2ccccc2)c1. The fourth-order valence-electron chi connectivity index (χ4n) is 1.92. The first-order valence-electron chi connectivity index (χ1n) is 6.69. The third-order valence-electron chi connectivity index (χ3n) is 2.94. The van der Waals surface area contributed by atoms with Crippen molar-refractivity contribution in [1.82, 2.24) is 0 Å². The average Bonchev–Trinajstić information content (AvgIpc) is 2.51. The van der Waals surface area contributed by atoms with Crippen LogP contribution in [0, 0.1) is 11.3 Å². The van der Waals surface area contributed by atoms with Crippen LogP contribution in [0.25, 0.3) is 0 Å². The van der Waals surface area contributed by atoms with Gasteiger partial charge in [0.15, 0.2) is 0 Å². The van der Waals surface area contributed by atoms with Gasteiger partial charge in [0.1, 0.15) is 12.4 Å². The Balaban J connectivity index is 1.89. The first kappa shape index (κ1) is 13.9. The Morgan fingerprint density at radius 2 is 1.80 bits per heavy atom. The van der Waals surface area contributed by atoms with Gasteiger partial charge < -0.3 is 4.74 Å². The van der Waals surface area contributed by atoms with E-state index in [-0.39, 0.29) is 0 Å². The van der Waals surface area contributed by atoms with E-state index < -0.39 is 0 Å². The van der Waals surface area contributed by atoms with Gasteiger partial charge in [-0.1, -0.05) is 48.5 Å². The van der Waals surface area contributed by atoms with Crippen LogP contribution >= 0.6 is 0 Å². The number of rotatable bonds is 6. The molecule has 2 aromatic rings. The largest absolute Gasteiger partial charge is 0.489 e. The molecule has 20 heavy (non-hydrogen) atoms. The second kappa shape index (κ2) is 7.81. The zero-order valence-electron chi connectivity index (χ0n) is 11.3. The summed E-state index contributed by atoms with van der Waals surface area (Å²) in [4.78, 5) is 0. The molecule has 0 aliphatic heterocycles. The zero-order valence-corrected chi connectivity index (χ0v) is 11.3. The number of nitriles is 1. The monoisotopic (exact) mass is 263 g/mol. The highest BCUT2D eigenvalue weighted by atomic mass is 16.5. The number of ether oxygens (including phenoxy) is 1. The molecule has 0 atom stereocenters. The summed E-state index contributed by atoms with van der Waals surface area (Å²) < 4.78 is 5.79. The van der Waals surface area contributed by atoms with E-state index in [0.29, 0.717) is 6.61 Å². The first-order valence-corrected chi connectivity index (χ1v) is 6.69. The lowest BCUT2D eigenvalue weighted by Gasteiger charge is -2.07. The molecule has 0 heterocycles. The van der Waals surface area contributed by atoms with Crippen LogP contribution in [0.2, 0.25) is 0 Å². The number of hydrogen-bond acceptors (Lipinski definition) is 2. The van der Waals surface area contributed by atoms with Crippen molar-refractivity contribution >= 4 is 0 Å². The van der Waals surface area contributed by atoms with E-state index in [2.05, 4.69) is 24.3 Å². The second-order valence-corrected chi connectivity index (χ2v) is 4.49. The minimum Gasteiger partial charge on any atom is -0.489 e. The van der Waals surface area contributed by atoms with E-state index in [0.717, 1.165) is 24.2 Å². The van der Waals surface area contributed by atoms with Crippen LogP contribution in [0.5, 0.6) is 5.75 Å². The molecule has 0 aliphatic carbocycles. The fourth-order valence-corrected chi connectivity index (χ4v) is 1.92. The maximum Gasteiger partial charge on any atom is 0.120 e. The average molecular weight is 263 g/mol. The van der Waals surface area contributed by atoms with Gasteiger partial charge in [-0.3, -0.25) is 0 Å². The molecule has 0 radical (unpaired) electrons. The van der Waals surface area contributed by atoms with E-state index in [9.17, 15) is 0 Å². The van der Waals surface area contributed by atoms with E-state index in [1.165, 1.54) is 11.6 Å². The topological polar surface area (TPSA) is 33.0 Å². The lowest BCUT2D eigenvalue weighted by Crippen LogP contribution is -1.95. The highest BCUT2D eigenvalue weighted by Crippen LogP contribution is 2.16. The van der Waals surface area contributed by atoms with Crippen LogP contribution in [0.15, 0.2) is 66.7 Å². The number of benzene rings is 2. The van der Waals surface area contributed by atoms with Crippen LogP contribution in [0.1, 0.15) is 17.5 Å². The molecule has 0 aliphatic rings. The Morgan fingerprint density at radius 1 is 1.00 bits per heavy atom. The minimum absolute atomic E-state index is 0.582. The maximum atomic E-state index is 8.43. The number of aryl methyl sites for hydroxylation is 1. The van der Waals surface area contributed by atoms with Gasteiger partial charge in [0.25, 0.3) is 0 Å². The summed E-state index contributed by atoms with van der Waals surface area (Å²) in [6.45, 7) is 0.582. The molecule has 0 saturated carbocycles. The Hall–Kier alpha value is -2.53. The van der Waals surface area contributed by atoms with Gasteiger partial charge in [-0.15, -0.1) is 0 Å². The second-order valence-electron chi connectivity index (χ2n) is 4.49. The molecule has 0 N–H and O–H groups in total. The van der Waals surface area contributed by atoms with Crippen molar-refractivity contribution in [1.29, 1.82) is 5.26 Å². The van der Waals surface area contributed by atoms with Gasteiger partial charge in [-0.05, 0) is 36.1 Å². The van der Waals surface area contributed by atoms with E-state index in [1.54, 1.807) is 0 Å². The summed E-state index contributed by atoms with van der Waals surface area (Å²) in [7, 11) is 0. The predicted octanol–water partition coefficient (Wildman–Crippen LogP) is 4.28. The Bertz CT molecular complexity index is 596. The molecular formula is C18H17NO. The molecule has 2 aromatic carbocycles. The van der Waals surface area contributed by atoms with Gasteiger partial charge in [-0.25, -0.2) is 0 Å². The smallest absolute Gasteiger partial charge is 0.120 e. The Labute approximate surface area is 119 Å². The summed E-state index contributed by atoms with van der Waals surface area (Å²) in [6, 6.07) is 20.2. The Morgan fingerprint density at radius 3 is 2.60 bits per heavy atom. The van der Waals surface area contributed by atoms with E-state index >= 15 is 0 Å². The number of nitrogens with zero attached hydrogens (tertiary/aromatic N) is 1. The van der Waals surface area contributed by atoms with Crippen LogP contribution in [0.3, 0.4) is 0 Å². The lowest BCUT2D eigenvalue weighted by molar-refractivity contribution is 0.306. The molecule has 100 valence electrons. The van der Waals surface area contributed by atoms with Gasteiger partial charge in [0.2, 0.25) is 0 Å². The summed E-state index contributed by atoms with van der Waals surface area (Å²) >= 11 is 0. The third kappa shape index (κ3) is 4.62. The van der Waals surface area contributed by atoms with Crippen molar-refractivity contribution in [2.75, 3.05) is 0 Å². The standard InChI is InChI=1S/C18H17NO/c19-13-6-2-5-8-16-11-7-12-18(14-16)20-15-17-9-3-1-4-10-17/h1-4,6-7,9-12,14H,5,8,15H2/b6-2+. The van der Waals surface area contributed by atoms with Gasteiger partial charge in [0.05, 0.1) is 6.07 Å². The van der Waals surface area contributed by atoms with Crippen LogP contribution in [-0.4, -0.2) is 0 Å². The molecular weight excluding hydrogens is 246 g/mol. The fraction of sp³-hybridized carbons (Fsp3) is 0.167. The number of allylic oxidation sites excluding steroid dienone is 2. The molecule has 0 unspecified atom stereocenters. The molecule has 0 spiro atoms. The molecule has 2 nitrogen and oxygen atoms in total. The van der Waals surface area contributed by atoms with Crippen molar-refractivity contribution in [3.05, 3.63) is 77.9 Å². The van der Waals surface area contributed by atoms with Gasteiger partial charge in [0, 0.05) is 6.08 Å². The van der Waals surface area contributed by atoms with Gasteiger partial charge >= 0.3 is 0 Å². The van der Waals surface area contributed by atoms with Crippen molar-refractivity contribution in [3.8, 4) is 11.8 Å². The quantitative estimate of drug-likeness (QED) is 0.729. The molecule has 0 amide bonds. The van der Waals surface area contributed by atoms with Crippen LogP contribution < -0.4 is 4.74 Å². The highest BCUT2D eigenvalue weighted by Gasteiger charge is 1.98. The molecule has 0 bridgehead atoms. The van der Waals surface area contributed by atoms with E-state index in [1.807, 2.05) is 42.5 Å². The maximum absolute atomic E-state index is 8.43. The predicted molar refractivity (Wildman–Crippen MR) is 80.3 cm³/mol. The van der Waals surface area contributed by atoms with Gasteiger partial charge in [-0.2, -0.15) is 5.26 Å². The Kier molecular flexibility index (Phi) is 5.42. The molecule has 0 saturated heterocycles. The van der Waals surface area contributed by atoms with Crippen molar-refractivity contribution in [2.24, 2.45) is 0 Å². The lowest BCUT2D eigenvalue weighted by atomic mass is 10.1. The summed E-state index contributed by atoms with van der Waals surface area (Å²) in [5, 5.41) is 8.43. The molecule has 2 rings (SSSR count). The number of hydrogen-bond donors (Lipinski definition) is 0. The third-order valence-corrected chi connectivity index (χ3v) is 2.94. The van der Waals surface area contributed by atoms with E-state index in [4.69, 9.17) is 10.00 Å². The summed E-state index contributed by atoms with van der Waals surface area (Å²) in [6.07, 6.45) is 5.20. The first-order chi connectivity index (χ1) is 9.88. The molecule has 0 fully saturated rings. The zero-order chi connectivity index (χ0) is 14.0. The highest BCUT2D eigenvalue weighted by molar-refractivity contribution is 5.29. The normalized spacial score (nSPS) is 10.3. The summed E-state index contributed by atoms with van der Waals surface area (Å²) in [5.41, 5.74) is 2.38. The molecule has 0 aromatic heterocycles.